The van der Waals surface area contributed by atoms with Gasteiger partial charge in [-0.1, -0.05) is 30.3 Å². The van der Waals surface area contributed by atoms with Gasteiger partial charge in [0.15, 0.2) is 0 Å². The Morgan fingerprint density at radius 1 is 1.26 bits per heavy atom. The standard InChI is InChI=1S/C18H29N3O.ClH/c1-15(17-6-4-3-5-7-17)20-18(22)14-21-12-9-16(10-13-21)8-11-19-2;/h3-7,15-16,19H,8-14H2,1-2H3,(H,20,22);1H. The summed E-state index contributed by atoms with van der Waals surface area (Å²) in [4.78, 5) is 14.5. The maximum absolute atomic E-state index is 12.2. The Morgan fingerprint density at radius 3 is 2.52 bits per heavy atom. The molecule has 23 heavy (non-hydrogen) atoms. The van der Waals surface area contributed by atoms with E-state index in [9.17, 15) is 4.79 Å². The molecule has 1 saturated heterocycles. The first-order valence-electron chi connectivity index (χ1n) is 8.40. The number of carbonyl (C=O) groups is 1. The van der Waals surface area contributed by atoms with E-state index in [0.717, 1.165) is 31.1 Å². The van der Waals surface area contributed by atoms with Crippen molar-refractivity contribution in [1.82, 2.24) is 15.5 Å². The highest BCUT2D eigenvalue weighted by Crippen LogP contribution is 2.19. The van der Waals surface area contributed by atoms with Gasteiger partial charge in [0.2, 0.25) is 5.91 Å². The van der Waals surface area contributed by atoms with E-state index in [2.05, 4.69) is 27.7 Å². The summed E-state index contributed by atoms with van der Waals surface area (Å²) in [5, 5.41) is 6.32. The Morgan fingerprint density at radius 2 is 1.91 bits per heavy atom. The summed E-state index contributed by atoms with van der Waals surface area (Å²) in [5.74, 6) is 0.944. The first kappa shape index (κ1) is 19.9. The molecular formula is C18H30ClN3O. The number of nitrogens with zero attached hydrogens (tertiary/aromatic N) is 1. The molecule has 0 aliphatic carbocycles. The molecule has 2 N–H and O–H groups in total. The molecule has 0 spiro atoms. The summed E-state index contributed by atoms with van der Waals surface area (Å²) >= 11 is 0. The van der Waals surface area contributed by atoms with E-state index < -0.39 is 0 Å². The lowest BCUT2D eigenvalue weighted by atomic mass is 9.93. The molecule has 1 aromatic rings. The van der Waals surface area contributed by atoms with Gasteiger partial charge >= 0.3 is 0 Å². The zero-order chi connectivity index (χ0) is 15.8. The number of nitrogens with one attached hydrogen (secondary N) is 2. The summed E-state index contributed by atoms with van der Waals surface area (Å²) in [6.45, 7) is 5.75. The smallest absolute Gasteiger partial charge is 0.234 e. The minimum Gasteiger partial charge on any atom is -0.348 e. The summed E-state index contributed by atoms with van der Waals surface area (Å²) < 4.78 is 0. The average Bonchev–Trinajstić information content (AvgIpc) is 2.55. The molecule has 2 rings (SSSR count). The monoisotopic (exact) mass is 339 g/mol. The van der Waals surface area contributed by atoms with Crippen molar-refractivity contribution in [2.75, 3.05) is 33.2 Å². The molecule has 1 heterocycles. The molecule has 0 bridgehead atoms. The maximum atomic E-state index is 12.2. The van der Waals surface area contributed by atoms with E-state index in [1.165, 1.54) is 19.3 Å². The number of likely N-dealkylation sites (tertiary alicyclic amines) is 1. The second-order valence-corrected chi connectivity index (χ2v) is 6.31. The van der Waals surface area contributed by atoms with Crippen LogP contribution in [0.5, 0.6) is 0 Å². The minimum atomic E-state index is 0. The van der Waals surface area contributed by atoms with Crippen molar-refractivity contribution in [3.63, 3.8) is 0 Å². The van der Waals surface area contributed by atoms with Gasteiger partial charge in [-0.15, -0.1) is 12.4 Å². The summed E-state index contributed by atoms with van der Waals surface area (Å²) in [5.41, 5.74) is 1.15. The first-order valence-corrected chi connectivity index (χ1v) is 8.40. The Labute approximate surface area is 146 Å². The van der Waals surface area contributed by atoms with Gasteiger partial charge in [-0.25, -0.2) is 0 Å². The molecule has 0 aromatic heterocycles. The van der Waals surface area contributed by atoms with Crippen molar-refractivity contribution in [1.29, 1.82) is 0 Å². The maximum Gasteiger partial charge on any atom is 0.234 e. The number of rotatable bonds is 7. The predicted molar refractivity (Wildman–Crippen MR) is 98.0 cm³/mol. The van der Waals surface area contributed by atoms with Gasteiger partial charge in [-0.2, -0.15) is 0 Å². The van der Waals surface area contributed by atoms with Crippen LogP contribution in [-0.4, -0.2) is 44.0 Å². The van der Waals surface area contributed by atoms with E-state index in [4.69, 9.17) is 0 Å². The van der Waals surface area contributed by atoms with Crippen molar-refractivity contribution in [3.8, 4) is 0 Å². The summed E-state index contributed by atoms with van der Waals surface area (Å²) in [6.07, 6.45) is 3.67. The minimum absolute atomic E-state index is 0. The number of carbonyl (C=O) groups excluding carboxylic acids is 1. The van der Waals surface area contributed by atoms with Crippen molar-refractivity contribution in [2.24, 2.45) is 5.92 Å². The lowest BCUT2D eigenvalue weighted by Crippen LogP contribution is -2.42. The molecule has 1 amide bonds. The topological polar surface area (TPSA) is 44.4 Å². The molecule has 1 fully saturated rings. The number of amides is 1. The second kappa shape index (κ2) is 10.6. The van der Waals surface area contributed by atoms with E-state index >= 15 is 0 Å². The number of halogens is 1. The summed E-state index contributed by atoms with van der Waals surface area (Å²) in [6, 6.07) is 10.2. The molecule has 1 aliphatic heterocycles. The molecule has 0 saturated carbocycles. The SMILES string of the molecule is CNCCC1CCN(CC(=O)NC(C)c2ccccc2)CC1.Cl. The number of hydrogen-bond donors (Lipinski definition) is 2. The van der Waals surface area contributed by atoms with Crippen LogP contribution in [0.2, 0.25) is 0 Å². The first-order chi connectivity index (χ1) is 10.7. The van der Waals surface area contributed by atoms with E-state index in [0.29, 0.717) is 6.54 Å². The molecule has 4 nitrogen and oxygen atoms in total. The van der Waals surface area contributed by atoms with Crippen LogP contribution in [0.4, 0.5) is 0 Å². The molecule has 1 atom stereocenters. The zero-order valence-electron chi connectivity index (χ0n) is 14.3. The van der Waals surface area contributed by atoms with Gasteiger partial charge in [-0.05, 0) is 64.3 Å². The van der Waals surface area contributed by atoms with Crippen LogP contribution >= 0.6 is 12.4 Å². The lowest BCUT2D eigenvalue weighted by Gasteiger charge is -2.31. The third-order valence-corrected chi connectivity index (χ3v) is 4.55. The Kier molecular flexibility index (Phi) is 9.22. The molecule has 1 aromatic carbocycles. The fourth-order valence-electron chi connectivity index (χ4n) is 3.10. The second-order valence-electron chi connectivity index (χ2n) is 6.31. The lowest BCUT2D eigenvalue weighted by molar-refractivity contribution is -0.123. The molecule has 1 unspecified atom stereocenters. The number of piperidine rings is 1. The van der Waals surface area contributed by atoms with Crippen molar-refractivity contribution >= 4 is 18.3 Å². The van der Waals surface area contributed by atoms with Crippen molar-refractivity contribution in [3.05, 3.63) is 35.9 Å². The van der Waals surface area contributed by atoms with Crippen LogP contribution in [0.25, 0.3) is 0 Å². The van der Waals surface area contributed by atoms with E-state index in [-0.39, 0.29) is 24.4 Å². The highest BCUT2D eigenvalue weighted by atomic mass is 35.5. The molecule has 0 radical (unpaired) electrons. The van der Waals surface area contributed by atoms with Gasteiger partial charge in [-0.3, -0.25) is 9.69 Å². The average molecular weight is 340 g/mol. The zero-order valence-corrected chi connectivity index (χ0v) is 15.1. The Hall–Kier alpha value is -1.10. The molecular weight excluding hydrogens is 310 g/mol. The third-order valence-electron chi connectivity index (χ3n) is 4.55. The van der Waals surface area contributed by atoms with Gasteiger partial charge < -0.3 is 10.6 Å². The third kappa shape index (κ3) is 6.90. The van der Waals surface area contributed by atoms with Gasteiger partial charge in [0.1, 0.15) is 0 Å². The largest absolute Gasteiger partial charge is 0.348 e. The highest BCUT2D eigenvalue weighted by Gasteiger charge is 2.21. The van der Waals surface area contributed by atoms with Gasteiger partial charge in [0.05, 0.1) is 12.6 Å². The van der Waals surface area contributed by atoms with Crippen LogP contribution in [0.1, 0.15) is 37.8 Å². The van der Waals surface area contributed by atoms with Crippen LogP contribution in [-0.2, 0) is 4.79 Å². The summed E-state index contributed by atoms with van der Waals surface area (Å²) in [7, 11) is 2.01. The molecule has 5 heteroatoms. The van der Waals surface area contributed by atoms with Crippen LogP contribution in [0, 0.1) is 5.92 Å². The van der Waals surface area contributed by atoms with E-state index in [1.54, 1.807) is 0 Å². The fourth-order valence-corrected chi connectivity index (χ4v) is 3.10. The van der Waals surface area contributed by atoms with Gasteiger partial charge in [0, 0.05) is 0 Å². The quantitative estimate of drug-likeness (QED) is 0.802. The Balaban J connectivity index is 0.00000264. The number of benzene rings is 1. The highest BCUT2D eigenvalue weighted by molar-refractivity contribution is 5.85. The van der Waals surface area contributed by atoms with Crippen LogP contribution in [0.3, 0.4) is 0 Å². The van der Waals surface area contributed by atoms with Crippen LogP contribution in [0.15, 0.2) is 30.3 Å². The fraction of sp³-hybridized carbons (Fsp3) is 0.611. The normalized spacial score (nSPS) is 17.3. The van der Waals surface area contributed by atoms with E-state index in [1.807, 2.05) is 32.2 Å². The van der Waals surface area contributed by atoms with Gasteiger partial charge in [0.25, 0.3) is 0 Å². The van der Waals surface area contributed by atoms with Crippen molar-refractivity contribution in [2.45, 2.75) is 32.2 Å². The molecule has 1 aliphatic rings. The Bertz CT molecular complexity index is 447. The van der Waals surface area contributed by atoms with Crippen LogP contribution < -0.4 is 10.6 Å². The number of hydrogen-bond acceptors (Lipinski definition) is 3. The van der Waals surface area contributed by atoms with Crippen molar-refractivity contribution < 1.29 is 4.79 Å². The molecule has 130 valence electrons. The predicted octanol–water partition coefficient (Wildman–Crippen LogP) is 2.61.